The molecule has 0 spiro atoms. The van der Waals surface area contributed by atoms with Gasteiger partial charge in [-0.15, -0.1) is 0 Å². The fraction of sp³-hybridized carbons (Fsp3) is 0.308. The first kappa shape index (κ1) is 14.6. The monoisotopic (exact) mass is 278 g/mol. The van der Waals surface area contributed by atoms with Gasteiger partial charge >= 0.3 is 12.8 Å². The molecule has 0 atom stereocenters. The molecule has 1 aromatic heterocycles. The Morgan fingerprint density at radius 1 is 1.25 bits per heavy atom. The average Bonchev–Trinajstić information content (AvgIpc) is 2.74. The maximum absolute atomic E-state index is 13.8. The van der Waals surface area contributed by atoms with Crippen LogP contribution in [0.2, 0.25) is 0 Å². The van der Waals surface area contributed by atoms with E-state index in [0.717, 1.165) is 12.5 Å². The summed E-state index contributed by atoms with van der Waals surface area (Å²) in [6.45, 7) is 2.72. The summed E-state index contributed by atoms with van der Waals surface area (Å²) in [6, 6.07) is 3.94. The van der Waals surface area contributed by atoms with Crippen LogP contribution < -0.4 is 11.2 Å². The average molecular weight is 278 g/mol. The van der Waals surface area contributed by atoms with Crippen molar-refractivity contribution in [1.29, 1.82) is 0 Å². The van der Waals surface area contributed by atoms with Crippen LogP contribution in [-0.2, 0) is 13.1 Å². The maximum Gasteiger partial charge on any atom is 0.488 e. The summed E-state index contributed by atoms with van der Waals surface area (Å²) in [7, 11) is -1.70. The van der Waals surface area contributed by atoms with Gasteiger partial charge < -0.3 is 10.0 Å². The third kappa shape index (κ3) is 3.00. The van der Waals surface area contributed by atoms with Crippen molar-refractivity contribution in [2.24, 2.45) is 0 Å². The summed E-state index contributed by atoms with van der Waals surface area (Å²) in [5.41, 5.74) is 0.227. The first-order chi connectivity index (χ1) is 9.52. The number of rotatable bonds is 5. The summed E-state index contributed by atoms with van der Waals surface area (Å²) in [5, 5.41) is 17.9. The Labute approximate surface area is 116 Å². The molecule has 0 aliphatic carbocycles. The number of aromatic nitrogens is 2. The Kier molecular flexibility index (Phi) is 4.41. The Balaban J connectivity index is 2.24. The molecule has 0 bridgehead atoms. The zero-order chi connectivity index (χ0) is 14.7. The molecule has 106 valence electrons. The fourth-order valence-corrected chi connectivity index (χ4v) is 2.02. The van der Waals surface area contributed by atoms with Crippen molar-refractivity contribution in [3.8, 4) is 0 Å². The van der Waals surface area contributed by atoms with Crippen LogP contribution in [0.15, 0.2) is 35.4 Å². The Morgan fingerprint density at radius 3 is 2.55 bits per heavy atom. The summed E-state index contributed by atoms with van der Waals surface area (Å²) >= 11 is 0. The third-order valence-corrected chi connectivity index (χ3v) is 3.10. The van der Waals surface area contributed by atoms with Gasteiger partial charge in [0.25, 0.3) is 0 Å². The number of hydrogen-bond donors (Lipinski definition) is 2. The van der Waals surface area contributed by atoms with Crippen LogP contribution in [0.4, 0.5) is 4.39 Å². The van der Waals surface area contributed by atoms with Gasteiger partial charge in [0.2, 0.25) is 0 Å². The quantitative estimate of drug-likeness (QED) is 0.752. The third-order valence-electron chi connectivity index (χ3n) is 3.10. The molecule has 0 aliphatic rings. The normalized spacial score (nSPS) is 10.8. The van der Waals surface area contributed by atoms with Gasteiger partial charge in [0.05, 0.1) is 6.54 Å². The molecule has 20 heavy (non-hydrogen) atoms. The van der Waals surface area contributed by atoms with Crippen LogP contribution in [-0.4, -0.2) is 26.3 Å². The van der Waals surface area contributed by atoms with Gasteiger partial charge in [0, 0.05) is 24.5 Å². The molecule has 2 N–H and O–H groups in total. The predicted octanol–water partition coefficient (Wildman–Crippen LogP) is -0.0730. The molecule has 0 amide bonds. The highest BCUT2D eigenvalue weighted by Crippen LogP contribution is 2.07. The summed E-state index contributed by atoms with van der Waals surface area (Å²) in [5.74, 6) is -0.564. The lowest BCUT2D eigenvalue weighted by Gasteiger charge is -2.06. The van der Waals surface area contributed by atoms with Crippen molar-refractivity contribution in [2.45, 2.75) is 26.4 Å². The van der Waals surface area contributed by atoms with E-state index in [2.05, 4.69) is 0 Å². The van der Waals surface area contributed by atoms with Crippen LogP contribution in [0.1, 0.15) is 18.9 Å². The van der Waals surface area contributed by atoms with Gasteiger partial charge in [0.15, 0.2) is 0 Å². The second-order valence-corrected chi connectivity index (χ2v) is 4.63. The summed E-state index contributed by atoms with van der Waals surface area (Å²) < 4.78 is 16.8. The van der Waals surface area contributed by atoms with E-state index in [1.807, 2.05) is 6.92 Å². The predicted molar refractivity (Wildman–Crippen MR) is 74.3 cm³/mol. The van der Waals surface area contributed by atoms with E-state index in [4.69, 9.17) is 10.0 Å². The van der Waals surface area contributed by atoms with Gasteiger partial charge in [-0.3, -0.25) is 9.13 Å². The van der Waals surface area contributed by atoms with Crippen LogP contribution in [0.25, 0.3) is 0 Å². The largest absolute Gasteiger partial charge is 0.488 e. The van der Waals surface area contributed by atoms with Crippen molar-refractivity contribution >= 4 is 12.6 Å². The molecule has 0 fully saturated rings. The van der Waals surface area contributed by atoms with E-state index in [1.54, 1.807) is 17.0 Å². The minimum atomic E-state index is -1.70. The minimum absolute atomic E-state index is 0.0853. The number of benzene rings is 1. The van der Waals surface area contributed by atoms with E-state index in [1.165, 1.54) is 16.7 Å². The first-order valence-corrected chi connectivity index (χ1v) is 6.43. The van der Waals surface area contributed by atoms with Crippen molar-refractivity contribution < 1.29 is 14.4 Å². The lowest BCUT2D eigenvalue weighted by Crippen LogP contribution is -2.30. The van der Waals surface area contributed by atoms with Crippen molar-refractivity contribution in [3.05, 3.63) is 52.5 Å². The molecule has 0 saturated heterocycles. The van der Waals surface area contributed by atoms with Crippen LogP contribution in [0, 0.1) is 5.82 Å². The van der Waals surface area contributed by atoms with E-state index in [-0.39, 0.29) is 17.7 Å². The standard InChI is InChI=1S/C13H16BFN2O3/c1-2-5-16-6-7-17(13(16)18)9-10-3-4-11(14(19)20)8-12(10)15/h3-4,6-8,19-20H,2,5,9H2,1H3. The summed E-state index contributed by atoms with van der Waals surface area (Å²) in [4.78, 5) is 12.0. The Bertz CT molecular complexity index is 651. The second kappa shape index (κ2) is 6.07. The van der Waals surface area contributed by atoms with Gasteiger partial charge in [0.1, 0.15) is 5.82 Å². The molecule has 1 aromatic carbocycles. The van der Waals surface area contributed by atoms with Gasteiger partial charge in [-0.1, -0.05) is 19.1 Å². The molecule has 2 aromatic rings. The van der Waals surface area contributed by atoms with Gasteiger partial charge in [-0.25, -0.2) is 9.18 Å². The molecule has 0 radical (unpaired) electrons. The topological polar surface area (TPSA) is 67.4 Å². The van der Waals surface area contributed by atoms with Crippen LogP contribution in [0.5, 0.6) is 0 Å². The Hall–Kier alpha value is -1.86. The molecule has 5 nitrogen and oxygen atoms in total. The highest BCUT2D eigenvalue weighted by Gasteiger charge is 2.14. The molecule has 0 aliphatic heterocycles. The van der Waals surface area contributed by atoms with E-state index in [9.17, 15) is 9.18 Å². The SMILES string of the molecule is CCCn1ccn(Cc2ccc(B(O)O)cc2F)c1=O. The van der Waals surface area contributed by atoms with Crippen LogP contribution in [0.3, 0.4) is 0 Å². The number of imidazole rings is 1. The number of nitrogens with zero attached hydrogens (tertiary/aromatic N) is 2. The molecule has 2 rings (SSSR count). The highest BCUT2D eigenvalue weighted by atomic mass is 19.1. The molecular formula is C13H16BFN2O3. The fourth-order valence-electron chi connectivity index (χ4n) is 2.02. The zero-order valence-corrected chi connectivity index (χ0v) is 11.2. The van der Waals surface area contributed by atoms with E-state index >= 15 is 0 Å². The molecular weight excluding hydrogens is 262 g/mol. The highest BCUT2D eigenvalue weighted by molar-refractivity contribution is 6.58. The summed E-state index contributed by atoms with van der Waals surface area (Å²) in [6.07, 6.45) is 4.14. The number of aryl methyl sites for hydroxylation is 1. The van der Waals surface area contributed by atoms with Gasteiger partial charge in [-0.2, -0.15) is 0 Å². The van der Waals surface area contributed by atoms with Crippen molar-refractivity contribution in [2.75, 3.05) is 0 Å². The second-order valence-electron chi connectivity index (χ2n) is 4.63. The lowest BCUT2D eigenvalue weighted by atomic mass is 9.80. The minimum Gasteiger partial charge on any atom is -0.423 e. The smallest absolute Gasteiger partial charge is 0.423 e. The molecule has 0 saturated carbocycles. The van der Waals surface area contributed by atoms with E-state index in [0.29, 0.717) is 12.1 Å². The number of halogens is 1. The number of hydrogen-bond acceptors (Lipinski definition) is 3. The van der Waals surface area contributed by atoms with Crippen molar-refractivity contribution in [3.63, 3.8) is 0 Å². The maximum atomic E-state index is 13.8. The molecule has 1 heterocycles. The first-order valence-electron chi connectivity index (χ1n) is 6.43. The lowest BCUT2D eigenvalue weighted by molar-refractivity contribution is 0.425. The molecule has 0 unspecified atom stereocenters. The molecule has 7 heteroatoms. The Morgan fingerprint density at radius 2 is 1.95 bits per heavy atom. The van der Waals surface area contributed by atoms with Gasteiger partial charge in [-0.05, 0) is 17.9 Å². The zero-order valence-electron chi connectivity index (χ0n) is 11.2. The van der Waals surface area contributed by atoms with E-state index < -0.39 is 12.9 Å². The van der Waals surface area contributed by atoms with Crippen molar-refractivity contribution in [1.82, 2.24) is 9.13 Å². The van der Waals surface area contributed by atoms with Crippen LogP contribution >= 0.6 is 0 Å².